The Morgan fingerprint density at radius 1 is 1.14 bits per heavy atom. The van der Waals surface area contributed by atoms with Gasteiger partial charge in [0.2, 0.25) is 5.91 Å². The number of ether oxygens (including phenoxy) is 2. The van der Waals surface area contributed by atoms with E-state index in [4.69, 9.17) is 4.74 Å². The molecule has 0 fully saturated rings. The van der Waals surface area contributed by atoms with Crippen molar-refractivity contribution in [2.75, 3.05) is 33.4 Å². The third-order valence-electron chi connectivity index (χ3n) is 1.32. The number of hydrogen-bond donors (Lipinski definition) is 2. The van der Waals surface area contributed by atoms with Gasteiger partial charge in [0.25, 0.3) is 0 Å². The lowest BCUT2D eigenvalue weighted by molar-refractivity contribution is -0.119. The molecule has 0 aromatic heterocycles. The monoisotopic (exact) mass is 204 g/mol. The van der Waals surface area contributed by atoms with Crippen LogP contribution in [0.3, 0.4) is 0 Å². The molecule has 0 heterocycles. The van der Waals surface area contributed by atoms with Gasteiger partial charge < -0.3 is 20.1 Å². The summed E-state index contributed by atoms with van der Waals surface area (Å²) in [6, 6.07) is 0. The van der Waals surface area contributed by atoms with Crippen LogP contribution in [0.15, 0.2) is 0 Å². The molecule has 0 rings (SSSR count). The Morgan fingerprint density at radius 2 is 1.71 bits per heavy atom. The van der Waals surface area contributed by atoms with Gasteiger partial charge in [-0.1, -0.05) is 0 Å². The highest BCUT2D eigenvalue weighted by Crippen LogP contribution is 1.74. The Morgan fingerprint density at radius 3 is 2.21 bits per heavy atom. The van der Waals surface area contributed by atoms with Crippen LogP contribution in [0.2, 0.25) is 0 Å². The Hall–Kier alpha value is -1.30. The molecule has 6 heteroatoms. The number of carbonyl (C=O) groups excluding carboxylic acids is 2. The Kier molecular flexibility index (Phi) is 7.53. The van der Waals surface area contributed by atoms with Gasteiger partial charge in [-0.2, -0.15) is 0 Å². The highest BCUT2D eigenvalue weighted by atomic mass is 16.5. The highest BCUT2D eigenvalue weighted by Gasteiger charge is 1.96. The first-order valence-corrected chi connectivity index (χ1v) is 4.31. The molecule has 0 radical (unpaired) electrons. The molecule has 0 bridgehead atoms. The quantitative estimate of drug-likeness (QED) is 0.571. The molecule has 0 saturated carbocycles. The van der Waals surface area contributed by atoms with Gasteiger partial charge in [0.1, 0.15) is 0 Å². The summed E-state index contributed by atoms with van der Waals surface area (Å²) in [6.07, 6.45) is -0.476. The molecule has 0 aliphatic heterocycles. The van der Waals surface area contributed by atoms with E-state index in [-0.39, 0.29) is 5.91 Å². The average Bonchev–Trinajstić information content (AvgIpc) is 2.15. The minimum atomic E-state index is -0.476. The first-order chi connectivity index (χ1) is 6.66. The molecule has 0 aliphatic carbocycles. The number of rotatable bonds is 6. The maximum atomic E-state index is 10.5. The van der Waals surface area contributed by atoms with Gasteiger partial charge in [-0.25, -0.2) is 4.79 Å². The Bertz CT molecular complexity index is 184. The second-order valence-electron chi connectivity index (χ2n) is 2.51. The zero-order valence-corrected chi connectivity index (χ0v) is 8.46. The number of alkyl carbamates (subject to hydrolysis) is 1. The first kappa shape index (κ1) is 12.7. The summed E-state index contributed by atoms with van der Waals surface area (Å²) in [6.45, 7) is 3.15. The van der Waals surface area contributed by atoms with Gasteiger partial charge in [0.15, 0.2) is 0 Å². The Balaban J connectivity index is 3.06. The zero-order valence-electron chi connectivity index (χ0n) is 8.46. The summed E-state index contributed by atoms with van der Waals surface area (Å²) in [5, 5.41) is 5.04. The summed E-state index contributed by atoms with van der Waals surface area (Å²) in [7, 11) is 1.30. The van der Waals surface area contributed by atoms with E-state index in [1.165, 1.54) is 14.0 Å². The van der Waals surface area contributed by atoms with Crippen LogP contribution in [0.1, 0.15) is 6.92 Å². The molecule has 0 saturated heterocycles. The van der Waals surface area contributed by atoms with Crippen molar-refractivity contribution in [3.63, 3.8) is 0 Å². The number of methoxy groups -OCH3 is 1. The van der Waals surface area contributed by atoms with Crippen molar-refractivity contribution >= 4 is 12.0 Å². The maximum Gasteiger partial charge on any atom is 0.406 e. The maximum absolute atomic E-state index is 10.5. The molecule has 0 unspecified atom stereocenters. The van der Waals surface area contributed by atoms with E-state index >= 15 is 0 Å². The second kappa shape index (κ2) is 8.31. The molecule has 0 atom stereocenters. The topological polar surface area (TPSA) is 76.7 Å². The molecular weight excluding hydrogens is 188 g/mol. The van der Waals surface area contributed by atoms with Crippen molar-refractivity contribution in [2.24, 2.45) is 0 Å². The molecule has 14 heavy (non-hydrogen) atoms. The van der Waals surface area contributed by atoms with E-state index in [2.05, 4.69) is 15.4 Å². The van der Waals surface area contributed by atoms with E-state index in [0.717, 1.165) is 0 Å². The third kappa shape index (κ3) is 8.79. The molecule has 2 N–H and O–H groups in total. The van der Waals surface area contributed by atoms with E-state index in [9.17, 15) is 9.59 Å². The normalized spacial score (nSPS) is 9.29. The standard InChI is InChI=1S/C8H16N2O4/c1-7(11)9-3-5-14-6-4-10-8(12)13-2/h3-6H2,1-2H3,(H,9,11)(H,10,12). The van der Waals surface area contributed by atoms with Crippen LogP contribution < -0.4 is 10.6 Å². The van der Waals surface area contributed by atoms with Crippen molar-refractivity contribution in [2.45, 2.75) is 6.92 Å². The predicted octanol–water partition coefficient (Wildman–Crippen LogP) is -0.505. The molecule has 2 amide bonds. The molecular formula is C8H16N2O4. The fourth-order valence-electron chi connectivity index (χ4n) is 0.699. The van der Waals surface area contributed by atoms with Crippen LogP contribution in [-0.2, 0) is 14.3 Å². The van der Waals surface area contributed by atoms with E-state index < -0.39 is 6.09 Å². The van der Waals surface area contributed by atoms with Crippen LogP contribution in [0.4, 0.5) is 4.79 Å². The number of amides is 2. The smallest absolute Gasteiger partial charge is 0.406 e. The van der Waals surface area contributed by atoms with Crippen LogP contribution >= 0.6 is 0 Å². The summed E-state index contributed by atoms with van der Waals surface area (Å²) in [4.78, 5) is 21.0. The predicted molar refractivity (Wildman–Crippen MR) is 49.9 cm³/mol. The lowest BCUT2D eigenvalue weighted by Crippen LogP contribution is -2.29. The summed E-state index contributed by atoms with van der Waals surface area (Å²) in [5.74, 6) is -0.0821. The SMILES string of the molecule is COC(=O)NCCOCCNC(C)=O. The molecule has 6 nitrogen and oxygen atoms in total. The third-order valence-corrected chi connectivity index (χ3v) is 1.32. The largest absolute Gasteiger partial charge is 0.453 e. The van der Waals surface area contributed by atoms with Crippen molar-refractivity contribution in [3.05, 3.63) is 0 Å². The molecule has 82 valence electrons. The van der Waals surface area contributed by atoms with Gasteiger partial charge in [-0.3, -0.25) is 4.79 Å². The van der Waals surface area contributed by atoms with Crippen LogP contribution in [0.25, 0.3) is 0 Å². The molecule has 0 aromatic carbocycles. The second-order valence-corrected chi connectivity index (χ2v) is 2.51. The van der Waals surface area contributed by atoms with Gasteiger partial charge in [-0.15, -0.1) is 0 Å². The minimum absolute atomic E-state index is 0.0821. The minimum Gasteiger partial charge on any atom is -0.453 e. The van der Waals surface area contributed by atoms with Crippen LogP contribution in [-0.4, -0.2) is 45.4 Å². The van der Waals surface area contributed by atoms with E-state index in [1.807, 2.05) is 0 Å². The van der Waals surface area contributed by atoms with Gasteiger partial charge in [-0.05, 0) is 0 Å². The fourth-order valence-corrected chi connectivity index (χ4v) is 0.699. The number of carbonyl (C=O) groups is 2. The summed E-state index contributed by atoms with van der Waals surface area (Å²) >= 11 is 0. The zero-order chi connectivity index (χ0) is 10.8. The van der Waals surface area contributed by atoms with E-state index in [0.29, 0.717) is 26.3 Å². The van der Waals surface area contributed by atoms with Crippen molar-refractivity contribution in [1.82, 2.24) is 10.6 Å². The highest BCUT2D eigenvalue weighted by molar-refractivity contribution is 5.72. The molecule has 0 aliphatic rings. The Labute approximate surface area is 82.9 Å². The van der Waals surface area contributed by atoms with Crippen LogP contribution in [0, 0.1) is 0 Å². The molecule has 0 spiro atoms. The van der Waals surface area contributed by atoms with E-state index in [1.54, 1.807) is 0 Å². The van der Waals surface area contributed by atoms with Crippen molar-refractivity contribution < 1.29 is 19.1 Å². The van der Waals surface area contributed by atoms with Gasteiger partial charge >= 0.3 is 6.09 Å². The van der Waals surface area contributed by atoms with Crippen molar-refractivity contribution in [3.8, 4) is 0 Å². The van der Waals surface area contributed by atoms with Crippen LogP contribution in [0.5, 0.6) is 0 Å². The number of hydrogen-bond acceptors (Lipinski definition) is 4. The summed E-state index contributed by atoms with van der Waals surface area (Å²) in [5.41, 5.74) is 0. The first-order valence-electron chi connectivity index (χ1n) is 4.31. The molecule has 0 aromatic rings. The fraction of sp³-hybridized carbons (Fsp3) is 0.750. The lowest BCUT2D eigenvalue weighted by Gasteiger charge is -2.05. The number of nitrogens with one attached hydrogen (secondary N) is 2. The lowest BCUT2D eigenvalue weighted by atomic mass is 10.6. The summed E-state index contributed by atoms with van der Waals surface area (Å²) < 4.78 is 9.44. The van der Waals surface area contributed by atoms with Gasteiger partial charge in [0.05, 0.1) is 20.3 Å². The average molecular weight is 204 g/mol. The van der Waals surface area contributed by atoms with Gasteiger partial charge in [0, 0.05) is 20.0 Å². The van der Waals surface area contributed by atoms with Crippen molar-refractivity contribution in [1.29, 1.82) is 0 Å².